The average molecular weight is 277 g/mol. The largest absolute Gasteiger partial charge is 0.207 e. The molecule has 1 aromatic carbocycles. The van der Waals surface area contributed by atoms with E-state index in [1.807, 2.05) is 0 Å². The van der Waals surface area contributed by atoms with Crippen molar-refractivity contribution in [2.75, 3.05) is 5.33 Å². The topological polar surface area (TPSA) is 0 Å². The first-order valence-corrected chi connectivity index (χ1v) is 6.16. The lowest BCUT2D eigenvalue weighted by atomic mass is 9.91. The normalized spacial score (nSPS) is 13.2. The summed E-state index contributed by atoms with van der Waals surface area (Å²) < 4.78 is 26.3. The van der Waals surface area contributed by atoms with Gasteiger partial charge in [0.05, 0.1) is 0 Å². The maximum absolute atomic E-state index is 13.3. The third-order valence-corrected chi connectivity index (χ3v) is 3.46. The van der Waals surface area contributed by atoms with E-state index in [0.717, 1.165) is 11.4 Å². The van der Waals surface area contributed by atoms with Gasteiger partial charge in [-0.1, -0.05) is 29.8 Å². The first kappa shape index (κ1) is 12.6. The van der Waals surface area contributed by atoms with Crippen molar-refractivity contribution in [3.8, 4) is 0 Å². The summed E-state index contributed by atoms with van der Waals surface area (Å²) in [6, 6.07) is 3.63. The van der Waals surface area contributed by atoms with Gasteiger partial charge in [0.15, 0.2) is 0 Å². The molecule has 1 aromatic rings. The molecule has 0 saturated carbocycles. The molecule has 3 heteroatoms. The van der Waals surface area contributed by atoms with Gasteiger partial charge in [0.2, 0.25) is 0 Å². The molecule has 0 fully saturated rings. The zero-order chi connectivity index (χ0) is 11.4. The molecule has 15 heavy (non-hydrogen) atoms. The van der Waals surface area contributed by atoms with Crippen molar-refractivity contribution in [3.05, 3.63) is 35.4 Å². The predicted molar refractivity (Wildman–Crippen MR) is 62.2 cm³/mol. The predicted octanol–water partition coefficient (Wildman–Crippen LogP) is 4.17. The molecule has 0 aliphatic heterocycles. The lowest BCUT2D eigenvalue weighted by Gasteiger charge is -2.18. The second-order valence-corrected chi connectivity index (χ2v) is 4.75. The van der Waals surface area contributed by atoms with Crippen molar-refractivity contribution < 1.29 is 8.78 Å². The third kappa shape index (κ3) is 3.56. The standard InChI is InChI=1S/C12H15BrF2/c1-8(2)10(7-13)5-9-6-11(14)3-4-12(9)15/h3-4,6,8,10H,5,7H2,1-2H3. The van der Waals surface area contributed by atoms with Gasteiger partial charge in [0.25, 0.3) is 0 Å². The second-order valence-electron chi connectivity index (χ2n) is 4.10. The number of hydrogen-bond acceptors (Lipinski definition) is 0. The molecule has 1 atom stereocenters. The Morgan fingerprint density at radius 3 is 2.47 bits per heavy atom. The zero-order valence-corrected chi connectivity index (χ0v) is 10.5. The molecular formula is C12H15BrF2. The van der Waals surface area contributed by atoms with E-state index >= 15 is 0 Å². The van der Waals surface area contributed by atoms with E-state index in [1.165, 1.54) is 12.1 Å². The van der Waals surface area contributed by atoms with Crippen LogP contribution in [0.2, 0.25) is 0 Å². The molecule has 0 spiro atoms. The van der Waals surface area contributed by atoms with Gasteiger partial charge in [0.1, 0.15) is 11.6 Å². The van der Waals surface area contributed by atoms with Gasteiger partial charge in [-0.15, -0.1) is 0 Å². The van der Waals surface area contributed by atoms with Crippen molar-refractivity contribution in [2.24, 2.45) is 11.8 Å². The van der Waals surface area contributed by atoms with Gasteiger partial charge in [0, 0.05) is 5.33 Å². The van der Waals surface area contributed by atoms with Crippen molar-refractivity contribution in [1.29, 1.82) is 0 Å². The molecule has 1 unspecified atom stereocenters. The zero-order valence-electron chi connectivity index (χ0n) is 8.93. The van der Waals surface area contributed by atoms with Crippen LogP contribution < -0.4 is 0 Å². The number of benzene rings is 1. The first-order valence-electron chi connectivity index (χ1n) is 5.04. The second kappa shape index (κ2) is 5.59. The molecule has 0 aliphatic carbocycles. The first-order chi connectivity index (χ1) is 7.04. The van der Waals surface area contributed by atoms with E-state index < -0.39 is 0 Å². The van der Waals surface area contributed by atoms with Gasteiger partial charge in [-0.3, -0.25) is 0 Å². The highest BCUT2D eigenvalue weighted by Gasteiger charge is 2.15. The van der Waals surface area contributed by atoms with E-state index in [-0.39, 0.29) is 11.6 Å². The molecule has 0 heterocycles. The quantitative estimate of drug-likeness (QED) is 0.724. The Kier molecular flexibility index (Phi) is 4.71. The van der Waals surface area contributed by atoms with Gasteiger partial charge in [-0.25, -0.2) is 8.78 Å². The summed E-state index contributed by atoms with van der Waals surface area (Å²) in [5.74, 6) is 0.0971. The number of alkyl halides is 1. The van der Waals surface area contributed by atoms with Crippen LogP contribution in [0.5, 0.6) is 0 Å². The molecule has 0 amide bonds. The SMILES string of the molecule is CC(C)C(CBr)Cc1cc(F)ccc1F. The summed E-state index contributed by atoms with van der Waals surface area (Å²) in [4.78, 5) is 0. The lowest BCUT2D eigenvalue weighted by Crippen LogP contribution is -2.14. The molecular weight excluding hydrogens is 262 g/mol. The molecule has 0 nitrogen and oxygen atoms in total. The summed E-state index contributed by atoms with van der Waals surface area (Å²) >= 11 is 3.40. The maximum Gasteiger partial charge on any atom is 0.126 e. The van der Waals surface area contributed by atoms with E-state index in [4.69, 9.17) is 0 Å². The smallest absolute Gasteiger partial charge is 0.126 e. The summed E-state index contributed by atoms with van der Waals surface area (Å²) in [6.07, 6.45) is 0.576. The Hall–Kier alpha value is -0.440. The molecule has 0 aromatic heterocycles. The van der Waals surface area contributed by atoms with Crippen LogP contribution >= 0.6 is 15.9 Å². The third-order valence-electron chi connectivity index (χ3n) is 2.63. The Morgan fingerprint density at radius 1 is 1.27 bits per heavy atom. The summed E-state index contributed by atoms with van der Waals surface area (Å²) in [6.45, 7) is 4.17. The fourth-order valence-electron chi connectivity index (χ4n) is 1.45. The van der Waals surface area contributed by atoms with Gasteiger partial charge >= 0.3 is 0 Å². The molecule has 0 N–H and O–H groups in total. The summed E-state index contributed by atoms with van der Waals surface area (Å²) in [7, 11) is 0. The van der Waals surface area contributed by atoms with Gasteiger partial charge < -0.3 is 0 Å². The van der Waals surface area contributed by atoms with E-state index in [0.29, 0.717) is 23.8 Å². The van der Waals surface area contributed by atoms with Crippen LogP contribution in [0.1, 0.15) is 19.4 Å². The monoisotopic (exact) mass is 276 g/mol. The number of halogens is 3. The van der Waals surface area contributed by atoms with E-state index in [2.05, 4.69) is 29.8 Å². The number of hydrogen-bond donors (Lipinski definition) is 0. The molecule has 84 valence electrons. The average Bonchev–Trinajstić information content (AvgIpc) is 2.18. The van der Waals surface area contributed by atoms with Gasteiger partial charge in [-0.2, -0.15) is 0 Å². The van der Waals surface area contributed by atoms with E-state index in [1.54, 1.807) is 0 Å². The Morgan fingerprint density at radius 2 is 1.93 bits per heavy atom. The van der Waals surface area contributed by atoms with E-state index in [9.17, 15) is 8.78 Å². The Bertz CT molecular complexity index is 323. The minimum absolute atomic E-state index is 0.317. The fraction of sp³-hybridized carbons (Fsp3) is 0.500. The van der Waals surface area contributed by atoms with Gasteiger partial charge in [-0.05, 0) is 42.0 Å². The van der Waals surface area contributed by atoms with Crippen LogP contribution in [0.3, 0.4) is 0 Å². The van der Waals surface area contributed by atoms with Crippen LogP contribution in [0.4, 0.5) is 8.78 Å². The van der Waals surface area contributed by atoms with Crippen LogP contribution in [0.25, 0.3) is 0 Å². The Labute approximate surface area is 97.8 Å². The summed E-state index contributed by atoms with van der Waals surface area (Å²) in [5.41, 5.74) is 0.466. The highest BCUT2D eigenvalue weighted by Crippen LogP contribution is 2.21. The number of rotatable bonds is 4. The molecule has 1 rings (SSSR count). The minimum Gasteiger partial charge on any atom is -0.207 e. The molecule has 0 bridgehead atoms. The highest BCUT2D eigenvalue weighted by molar-refractivity contribution is 9.09. The van der Waals surface area contributed by atoms with Crippen LogP contribution in [-0.2, 0) is 6.42 Å². The molecule has 0 radical (unpaired) electrons. The minimum atomic E-state index is -0.372. The maximum atomic E-state index is 13.3. The van der Waals surface area contributed by atoms with Crippen LogP contribution in [0, 0.1) is 23.5 Å². The fourth-order valence-corrected chi connectivity index (χ4v) is 2.43. The molecule has 0 aliphatic rings. The lowest BCUT2D eigenvalue weighted by molar-refractivity contribution is 0.418. The van der Waals surface area contributed by atoms with Crippen molar-refractivity contribution >= 4 is 15.9 Å². The van der Waals surface area contributed by atoms with Crippen molar-refractivity contribution in [1.82, 2.24) is 0 Å². The van der Waals surface area contributed by atoms with Crippen LogP contribution in [0.15, 0.2) is 18.2 Å². The van der Waals surface area contributed by atoms with Crippen molar-refractivity contribution in [2.45, 2.75) is 20.3 Å². The molecule has 0 saturated heterocycles. The Balaban J connectivity index is 2.82. The van der Waals surface area contributed by atoms with Crippen LogP contribution in [-0.4, -0.2) is 5.33 Å². The van der Waals surface area contributed by atoms with Crippen molar-refractivity contribution in [3.63, 3.8) is 0 Å². The summed E-state index contributed by atoms with van der Waals surface area (Å²) in [5, 5.41) is 0.806. The highest BCUT2D eigenvalue weighted by atomic mass is 79.9.